The summed E-state index contributed by atoms with van der Waals surface area (Å²) in [5.41, 5.74) is 3.60. The second-order valence-corrected chi connectivity index (χ2v) is 7.59. The van der Waals surface area contributed by atoms with Gasteiger partial charge in [-0.2, -0.15) is 18.8 Å². The van der Waals surface area contributed by atoms with Crippen LogP contribution < -0.4 is 0 Å². The lowest BCUT2D eigenvalue weighted by Crippen LogP contribution is -2.27. The maximum Gasteiger partial charge on any atom is 0.285 e. The van der Waals surface area contributed by atoms with Gasteiger partial charge in [0.25, 0.3) is 10.0 Å². The van der Waals surface area contributed by atoms with Crippen LogP contribution in [-0.2, 0) is 10.0 Å². The van der Waals surface area contributed by atoms with E-state index in [1.54, 1.807) is 24.4 Å². The van der Waals surface area contributed by atoms with Crippen molar-refractivity contribution in [2.45, 2.75) is 25.2 Å². The fourth-order valence-corrected chi connectivity index (χ4v) is 3.89. The lowest BCUT2D eigenvalue weighted by Gasteiger charge is -2.17. The average molecular weight is 366 g/mol. The Labute approximate surface area is 153 Å². The number of rotatable bonds is 4. The lowest BCUT2D eigenvalue weighted by atomic mass is 10.1. The summed E-state index contributed by atoms with van der Waals surface area (Å²) in [6, 6.07) is 14.7. The molecule has 0 aliphatic carbocycles. The molecular weight excluding hydrogens is 348 g/mol. The van der Waals surface area contributed by atoms with Crippen molar-refractivity contribution >= 4 is 22.1 Å². The highest BCUT2D eigenvalue weighted by Gasteiger charge is 2.31. The largest absolute Gasteiger partial charge is 0.285 e. The molecule has 0 saturated heterocycles. The molecule has 2 aromatic carbocycles. The molecule has 0 N–H and O–H groups in total. The van der Waals surface area contributed by atoms with E-state index in [-0.39, 0.29) is 23.7 Å². The van der Waals surface area contributed by atoms with Gasteiger partial charge in [0.05, 0.1) is 25.2 Å². The van der Waals surface area contributed by atoms with Crippen LogP contribution in [0.2, 0.25) is 0 Å². The molecule has 0 fully saturated rings. The van der Waals surface area contributed by atoms with Crippen molar-refractivity contribution in [2.24, 2.45) is 9.50 Å². The summed E-state index contributed by atoms with van der Waals surface area (Å²) in [6.45, 7) is 4.22. The van der Waals surface area contributed by atoms with Crippen molar-refractivity contribution in [3.63, 3.8) is 0 Å². The van der Waals surface area contributed by atoms with Gasteiger partial charge in [-0.25, -0.2) is 5.01 Å². The molecule has 1 aliphatic rings. The Balaban J connectivity index is 2.01. The first-order valence-corrected chi connectivity index (χ1v) is 9.56. The standard InChI is InChI=1S/C19H18N4O2S/c1-14-8-9-15(2)16(12-14)13-21-23(11-5-10-20)19-17-6-3-4-7-18(17)26(24,25)22-19/h3-4,6-9,12-13H,5,11H2,1-2H3/b21-13+. The summed E-state index contributed by atoms with van der Waals surface area (Å²) in [5.74, 6) is 0.248. The number of hydrazone groups is 1. The number of hydrogen-bond acceptors (Lipinski definition) is 5. The smallest absolute Gasteiger partial charge is 0.246 e. The van der Waals surface area contributed by atoms with Gasteiger partial charge in [-0.05, 0) is 37.1 Å². The van der Waals surface area contributed by atoms with Crippen molar-refractivity contribution < 1.29 is 8.42 Å². The van der Waals surface area contributed by atoms with Crippen LogP contribution in [0.1, 0.15) is 28.7 Å². The van der Waals surface area contributed by atoms with Gasteiger partial charge in [-0.1, -0.05) is 35.9 Å². The van der Waals surface area contributed by atoms with E-state index in [2.05, 4.69) is 15.6 Å². The van der Waals surface area contributed by atoms with Gasteiger partial charge in [0.1, 0.15) is 4.90 Å². The molecule has 132 valence electrons. The summed E-state index contributed by atoms with van der Waals surface area (Å²) in [6.07, 6.45) is 1.88. The highest BCUT2D eigenvalue weighted by molar-refractivity contribution is 7.90. The molecule has 26 heavy (non-hydrogen) atoms. The predicted octanol–water partition coefficient (Wildman–Crippen LogP) is 3.00. The normalized spacial score (nSPS) is 14.7. The quantitative estimate of drug-likeness (QED) is 0.615. The van der Waals surface area contributed by atoms with Crippen LogP contribution in [-0.4, -0.2) is 32.0 Å². The fourth-order valence-electron chi connectivity index (χ4n) is 2.68. The Hall–Kier alpha value is -2.98. The maximum atomic E-state index is 12.3. The van der Waals surface area contributed by atoms with Crippen molar-refractivity contribution in [3.05, 3.63) is 64.7 Å². The van der Waals surface area contributed by atoms with Crippen LogP contribution >= 0.6 is 0 Å². The number of nitrogens with zero attached hydrogens (tertiary/aromatic N) is 4. The molecule has 7 heteroatoms. The SMILES string of the molecule is Cc1ccc(C)c(/C=N/N(CCC#N)C2=NS(=O)(=O)c3ccccc32)c1. The first-order valence-electron chi connectivity index (χ1n) is 8.12. The zero-order valence-electron chi connectivity index (χ0n) is 14.5. The molecule has 0 unspecified atom stereocenters. The van der Waals surface area contributed by atoms with E-state index >= 15 is 0 Å². The number of nitriles is 1. The topological polar surface area (TPSA) is 85.9 Å². The average Bonchev–Trinajstić information content (AvgIpc) is 2.89. The molecule has 1 heterocycles. The zero-order chi connectivity index (χ0) is 18.7. The third-order valence-electron chi connectivity index (χ3n) is 4.06. The summed E-state index contributed by atoms with van der Waals surface area (Å²) >= 11 is 0. The highest BCUT2D eigenvalue weighted by Crippen LogP contribution is 2.27. The van der Waals surface area contributed by atoms with E-state index in [9.17, 15) is 8.42 Å². The Morgan fingerprint density at radius 2 is 2.00 bits per heavy atom. The molecule has 0 radical (unpaired) electrons. The van der Waals surface area contributed by atoms with E-state index in [0.717, 1.165) is 16.7 Å². The van der Waals surface area contributed by atoms with Gasteiger partial charge in [0, 0.05) is 5.56 Å². The first kappa shape index (κ1) is 17.8. The summed E-state index contributed by atoms with van der Waals surface area (Å²) in [5, 5.41) is 14.9. The lowest BCUT2D eigenvalue weighted by molar-refractivity contribution is 0.459. The zero-order valence-corrected chi connectivity index (χ0v) is 15.4. The van der Waals surface area contributed by atoms with E-state index in [1.807, 2.05) is 32.0 Å². The molecule has 3 rings (SSSR count). The van der Waals surface area contributed by atoms with E-state index < -0.39 is 10.0 Å². The minimum atomic E-state index is -3.73. The number of aryl methyl sites for hydroxylation is 2. The van der Waals surface area contributed by atoms with Gasteiger partial charge in [-0.3, -0.25) is 0 Å². The van der Waals surface area contributed by atoms with Crippen molar-refractivity contribution in [2.75, 3.05) is 6.54 Å². The molecule has 0 spiro atoms. The predicted molar refractivity (Wildman–Crippen MR) is 101 cm³/mol. The Morgan fingerprint density at radius 1 is 1.23 bits per heavy atom. The van der Waals surface area contributed by atoms with Crippen molar-refractivity contribution in [1.29, 1.82) is 5.26 Å². The fraction of sp³-hybridized carbons (Fsp3) is 0.211. The van der Waals surface area contributed by atoms with E-state index in [1.165, 1.54) is 11.1 Å². The van der Waals surface area contributed by atoms with Gasteiger partial charge < -0.3 is 0 Å². The van der Waals surface area contributed by atoms with E-state index in [0.29, 0.717) is 5.56 Å². The van der Waals surface area contributed by atoms with Crippen LogP contribution in [0.15, 0.2) is 56.9 Å². The van der Waals surface area contributed by atoms with Crippen molar-refractivity contribution in [1.82, 2.24) is 5.01 Å². The van der Waals surface area contributed by atoms with Gasteiger partial charge in [0.15, 0.2) is 5.84 Å². The monoisotopic (exact) mass is 366 g/mol. The molecule has 0 amide bonds. The minimum Gasteiger partial charge on any atom is -0.246 e. The molecule has 2 aromatic rings. The summed E-state index contributed by atoms with van der Waals surface area (Å²) in [4.78, 5) is 0.166. The molecule has 1 aliphatic heterocycles. The molecule has 0 aromatic heterocycles. The molecule has 6 nitrogen and oxygen atoms in total. The van der Waals surface area contributed by atoms with Crippen LogP contribution in [0, 0.1) is 25.2 Å². The number of benzene rings is 2. The summed E-state index contributed by atoms with van der Waals surface area (Å²) in [7, 11) is -3.73. The molecule has 0 atom stereocenters. The van der Waals surface area contributed by atoms with Gasteiger partial charge in [0.2, 0.25) is 0 Å². The van der Waals surface area contributed by atoms with Crippen LogP contribution in [0.3, 0.4) is 0 Å². The second-order valence-electron chi connectivity index (χ2n) is 6.02. The highest BCUT2D eigenvalue weighted by atomic mass is 32.2. The Kier molecular flexibility index (Phi) is 4.87. The third kappa shape index (κ3) is 3.51. The van der Waals surface area contributed by atoms with E-state index in [4.69, 9.17) is 5.26 Å². The number of fused-ring (bicyclic) bond motifs is 1. The van der Waals surface area contributed by atoms with Gasteiger partial charge >= 0.3 is 0 Å². The molecular formula is C19H18N4O2S. The molecule has 0 bridgehead atoms. The number of sulfonamides is 1. The third-order valence-corrected chi connectivity index (χ3v) is 5.39. The molecule has 0 saturated carbocycles. The Bertz CT molecular complexity index is 1050. The van der Waals surface area contributed by atoms with Crippen LogP contribution in [0.5, 0.6) is 0 Å². The number of hydrogen-bond donors (Lipinski definition) is 0. The van der Waals surface area contributed by atoms with Crippen LogP contribution in [0.25, 0.3) is 0 Å². The maximum absolute atomic E-state index is 12.3. The second kappa shape index (κ2) is 7.10. The van der Waals surface area contributed by atoms with Crippen LogP contribution in [0.4, 0.5) is 0 Å². The summed E-state index contributed by atoms with van der Waals surface area (Å²) < 4.78 is 28.5. The number of amidine groups is 1. The van der Waals surface area contributed by atoms with Gasteiger partial charge in [-0.15, -0.1) is 4.40 Å². The first-order chi connectivity index (χ1) is 12.4. The Morgan fingerprint density at radius 3 is 2.77 bits per heavy atom. The van der Waals surface area contributed by atoms with Crippen molar-refractivity contribution in [3.8, 4) is 6.07 Å². The minimum absolute atomic E-state index is 0.166.